The van der Waals surface area contributed by atoms with Gasteiger partial charge in [-0.3, -0.25) is 4.79 Å². The van der Waals surface area contributed by atoms with Gasteiger partial charge in [0.2, 0.25) is 5.91 Å². The molecule has 1 aliphatic heterocycles. The van der Waals surface area contributed by atoms with Crippen LogP contribution in [0.25, 0.3) is 0 Å². The van der Waals surface area contributed by atoms with Crippen molar-refractivity contribution in [2.75, 3.05) is 5.73 Å². The highest BCUT2D eigenvalue weighted by atomic mass is 35.5. The van der Waals surface area contributed by atoms with Gasteiger partial charge in [0.05, 0.1) is 21.4 Å². The number of rotatable bonds is 1. The summed E-state index contributed by atoms with van der Waals surface area (Å²) in [5.41, 5.74) is 9.93. The van der Waals surface area contributed by atoms with E-state index in [9.17, 15) is 4.79 Å². The largest absolute Gasteiger partial charge is 0.396 e. The van der Waals surface area contributed by atoms with Gasteiger partial charge < -0.3 is 5.73 Å². The zero-order chi connectivity index (χ0) is 11.7. The molecule has 0 atom stereocenters. The van der Waals surface area contributed by atoms with E-state index in [2.05, 4.69) is 10.5 Å². The Labute approximate surface area is 102 Å². The molecule has 84 valence electrons. The van der Waals surface area contributed by atoms with Crippen LogP contribution in [0.15, 0.2) is 17.2 Å². The number of carbonyl (C=O) groups excluding carboxylic acids is 1. The molecule has 0 spiro atoms. The third kappa shape index (κ3) is 2.13. The van der Waals surface area contributed by atoms with E-state index in [4.69, 9.17) is 28.9 Å². The number of nitrogens with zero attached hydrogens (tertiary/aromatic N) is 1. The molecule has 0 fully saturated rings. The average molecular weight is 258 g/mol. The van der Waals surface area contributed by atoms with Crippen LogP contribution in [-0.4, -0.2) is 11.6 Å². The summed E-state index contributed by atoms with van der Waals surface area (Å²) < 4.78 is 0. The molecule has 0 saturated carbocycles. The lowest BCUT2D eigenvalue weighted by atomic mass is 10.0. The Kier molecular flexibility index (Phi) is 3.03. The molecule has 0 unspecified atom stereocenters. The number of halogens is 2. The lowest BCUT2D eigenvalue weighted by Crippen LogP contribution is -2.25. The second kappa shape index (κ2) is 4.31. The molecule has 0 saturated heterocycles. The second-order valence-electron chi connectivity index (χ2n) is 3.45. The predicted molar refractivity (Wildman–Crippen MR) is 64.8 cm³/mol. The number of hydrogen-bond donors (Lipinski definition) is 2. The van der Waals surface area contributed by atoms with Crippen molar-refractivity contribution in [3.63, 3.8) is 0 Å². The zero-order valence-corrected chi connectivity index (χ0v) is 9.77. The maximum absolute atomic E-state index is 10.9. The minimum absolute atomic E-state index is 0.0867. The molecular formula is C10H9Cl2N3O. The summed E-state index contributed by atoms with van der Waals surface area (Å²) in [5, 5.41) is 4.73. The van der Waals surface area contributed by atoms with Crippen molar-refractivity contribution in [1.82, 2.24) is 5.43 Å². The van der Waals surface area contributed by atoms with Crippen LogP contribution in [0.5, 0.6) is 0 Å². The number of hydrogen-bond acceptors (Lipinski definition) is 3. The number of carbonyl (C=O) groups is 1. The highest BCUT2D eigenvalue weighted by Gasteiger charge is 2.15. The van der Waals surface area contributed by atoms with E-state index in [1.54, 1.807) is 12.1 Å². The summed E-state index contributed by atoms with van der Waals surface area (Å²) in [7, 11) is 0. The smallest absolute Gasteiger partial charge is 0.240 e. The molecule has 1 heterocycles. The van der Waals surface area contributed by atoms with Crippen molar-refractivity contribution in [3.8, 4) is 0 Å². The van der Waals surface area contributed by atoms with Gasteiger partial charge in [0.15, 0.2) is 0 Å². The molecule has 1 amide bonds. The van der Waals surface area contributed by atoms with Gasteiger partial charge in [-0.2, -0.15) is 5.10 Å². The molecule has 3 N–H and O–H groups in total. The van der Waals surface area contributed by atoms with Crippen molar-refractivity contribution in [2.45, 2.75) is 12.8 Å². The summed E-state index contributed by atoms with van der Waals surface area (Å²) in [4.78, 5) is 10.9. The molecule has 1 aromatic carbocycles. The summed E-state index contributed by atoms with van der Waals surface area (Å²) in [5.74, 6) is -0.0867. The molecule has 2 rings (SSSR count). The van der Waals surface area contributed by atoms with Crippen molar-refractivity contribution in [3.05, 3.63) is 27.7 Å². The first kappa shape index (κ1) is 11.2. The van der Waals surface area contributed by atoms with E-state index in [1.165, 1.54) is 0 Å². The van der Waals surface area contributed by atoms with Crippen LogP contribution in [0.1, 0.15) is 18.4 Å². The minimum atomic E-state index is -0.0867. The standard InChI is InChI=1S/C10H9Cl2N3O/c11-6-3-5(4-7(12)10(6)13)8-1-2-9(16)15-14-8/h3-4H,1-2,13H2,(H,15,16). The zero-order valence-electron chi connectivity index (χ0n) is 8.26. The lowest BCUT2D eigenvalue weighted by Gasteiger charge is -2.13. The van der Waals surface area contributed by atoms with E-state index in [0.29, 0.717) is 28.6 Å². The van der Waals surface area contributed by atoms with Crippen molar-refractivity contribution < 1.29 is 4.79 Å². The number of nitrogen functional groups attached to an aromatic ring is 1. The van der Waals surface area contributed by atoms with E-state index in [0.717, 1.165) is 11.3 Å². The van der Waals surface area contributed by atoms with E-state index >= 15 is 0 Å². The Bertz CT molecular complexity index is 462. The van der Waals surface area contributed by atoms with Crippen molar-refractivity contribution >= 4 is 40.5 Å². The summed E-state index contributed by atoms with van der Waals surface area (Å²) in [6.07, 6.45) is 0.987. The molecule has 16 heavy (non-hydrogen) atoms. The third-order valence-corrected chi connectivity index (χ3v) is 2.94. The van der Waals surface area contributed by atoms with Crippen LogP contribution in [0.2, 0.25) is 10.0 Å². The fourth-order valence-corrected chi connectivity index (χ4v) is 1.92. The van der Waals surface area contributed by atoms with Gasteiger partial charge in [-0.15, -0.1) is 0 Å². The first-order chi connectivity index (χ1) is 7.58. The van der Waals surface area contributed by atoms with Crippen LogP contribution in [0.3, 0.4) is 0 Å². The normalized spacial score (nSPS) is 15.6. The fraction of sp³-hybridized carbons (Fsp3) is 0.200. The van der Waals surface area contributed by atoms with E-state index in [-0.39, 0.29) is 5.91 Å². The number of benzene rings is 1. The topological polar surface area (TPSA) is 67.5 Å². The summed E-state index contributed by atoms with van der Waals surface area (Å²) in [6, 6.07) is 3.39. The number of anilines is 1. The molecule has 4 nitrogen and oxygen atoms in total. The molecule has 0 aliphatic carbocycles. The molecule has 0 bridgehead atoms. The molecule has 0 aromatic heterocycles. The highest BCUT2D eigenvalue weighted by Crippen LogP contribution is 2.29. The highest BCUT2D eigenvalue weighted by molar-refractivity contribution is 6.39. The van der Waals surface area contributed by atoms with Gasteiger partial charge in [0, 0.05) is 18.4 Å². The van der Waals surface area contributed by atoms with Crippen molar-refractivity contribution in [1.29, 1.82) is 0 Å². The molecular weight excluding hydrogens is 249 g/mol. The first-order valence-corrected chi connectivity index (χ1v) is 5.44. The van der Waals surface area contributed by atoms with Crippen LogP contribution >= 0.6 is 23.2 Å². The Morgan fingerprint density at radius 3 is 2.38 bits per heavy atom. The van der Waals surface area contributed by atoms with Gasteiger partial charge in [-0.05, 0) is 12.1 Å². The van der Waals surface area contributed by atoms with Gasteiger partial charge in [0.25, 0.3) is 0 Å². The molecule has 1 aromatic rings. The maximum Gasteiger partial charge on any atom is 0.240 e. The van der Waals surface area contributed by atoms with Crippen LogP contribution in [0.4, 0.5) is 5.69 Å². The molecule has 1 aliphatic rings. The quantitative estimate of drug-likeness (QED) is 0.758. The van der Waals surface area contributed by atoms with Gasteiger partial charge >= 0.3 is 0 Å². The molecule has 6 heteroatoms. The van der Waals surface area contributed by atoms with Crippen LogP contribution in [-0.2, 0) is 4.79 Å². The van der Waals surface area contributed by atoms with Crippen molar-refractivity contribution in [2.24, 2.45) is 5.10 Å². The minimum Gasteiger partial charge on any atom is -0.396 e. The monoisotopic (exact) mass is 257 g/mol. The number of nitrogens with one attached hydrogen (secondary N) is 1. The van der Waals surface area contributed by atoms with Gasteiger partial charge in [0.1, 0.15) is 0 Å². The Hall–Kier alpha value is -1.26. The first-order valence-electron chi connectivity index (χ1n) is 4.68. The summed E-state index contributed by atoms with van der Waals surface area (Å²) in [6.45, 7) is 0. The summed E-state index contributed by atoms with van der Waals surface area (Å²) >= 11 is 11.8. The third-order valence-electron chi connectivity index (χ3n) is 2.32. The SMILES string of the molecule is Nc1c(Cl)cc(C2=NNC(=O)CC2)cc1Cl. The number of hydrazone groups is 1. The lowest BCUT2D eigenvalue weighted by molar-refractivity contribution is -0.121. The van der Waals surface area contributed by atoms with E-state index < -0.39 is 0 Å². The maximum atomic E-state index is 10.9. The predicted octanol–water partition coefficient (Wildman–Crippen LogP) is 2.19. The molecule has 0 radical (unpaired) electrons. The fourth-order valence-electron chi connectivity index (χ4n) is 1.43. The van der Waals surface area contributed by atoms with E-state index in [1.807, 2.05) is 0 Å². The second-order valence-corrected chi connectivity index (χ2v) is 4.26. The van der Waals surface area contributed by atoms with Gasteiger partial charge in [-0.25, -0.2) is 5.43 Å². The average Bonchev–Trinajstić information content (AvgIpc) is 2.26. The number of nitrogens with two attached hydrogens (primary N) is 1. The Morgan fingerprint density at radius 2 is 1.88 bits per heavy atom. The Balaban J connectivity index is 2.38. The number of amides is 1. The Morgan fingerprint density at radius 1 is 1.25 bits per heavy atom. The van der Waals surface area contributed by atoms with Crippen LogP contribution < -0.4 is 11.2 Å². The van der Waals surface area contributed by atoms with Gasteiger partial charge in [-0.1, -0.05) is 23.2 Å². The van der Waals surface area contributed by atoms with Crippen LogP contribution in [0, 0.1) is 0 Å².